The molecule has 0 radical (unpaired) electrons. The molecule has 1 aromatic carbocycles. The van der Waals surface area contributed by atoms with Crippen molar-refractivity contribution in [3.05, 3.63) is 59.9 Å². The SMILES string of the molecule is C=O.CCN[C@H]1CC[C@@H](c2nnc3cnc4[nH]ccc4n23)C1.Cc1cccc(F)c1.[HH].[HH]. The van der Waals surface area contributed by atoms with E-state index < -0.39 is 0 Å². The van der Waals surface area contributed by atoms with Crippen molar-refractivity contribution in [1.29, 1.82) is 0 Å². The summed E-state index contributed by atoms with van der Waals surface area (Å²) in [6, 6.07) is 9.15. The van der Waals surface area contributed by atoms with E-state index in [1.807, 2.05) is 32.0 Å². The lowest BCUT2D eigenvalue weighted by Gasteiger charge is -2.11. The minimum atomic E-state index is -0.162. The number of hydrogen-bond donors (Lipinski definition) is 2. The molecular formula is C22H31FN6O. The van der Waals surface area contributed by atoms with E-state index in [4.69, 9.17) is 4.79 Å². The van der Waals surface area contributed by atoms with Crippen LogP contribution in [0.25, 0.3) is 16.8 Å². The summed E-state index contributed by atoms with van der Waals surface area (Å²) in [5.74, 6) is 1.40. The van der Waals surface area contributed by atoms with Gasteiger partial charge in [0.15, 0.2) is 11.3 Å². The third kappa shape index (κ3) is 4.71. The molecule has 1 fully saturated rings. The highest BCUT2D eigenvalue weighted by molar-refractivity contribution is 5.74. The van der Waals surface area contributed by atoms with Gasteiger partial charge in [0.05, 0.1) is 11.7 Å². The van der Waals surface area contributed by atoms with Crippen LogP contribution in [-0.4, -0.2) is 43.9 Å². The van der Waals surface area contributed by atoms with Crippen LogP contribution in [0.4, 0.5) is 4.39 Å². The molecule has 2 atom stereocenters. The summed E-state index contributed by atoms with van der Waals surface area (Å²) in [7, 11) is 0. The Morgan fingerprint density at radius 3 is 2.83 bits per heavy atom. The Labute approximate surface area is 177 Å². The van der Waals surface area contributed by atoms with Crippen molar-refractivity contribution in [2.45, 2.75) is 45.1 Å². The summed E-state index contributed by atoms with van der Waals surface area (Å²) < 4.78 is 14.3. The summed E-state index contributed by atoms with van der Waals surface area (Å²) in [5.41, 5.74) is 3.75. The summed E-state index contributed by atoms with van der Waals surface area (Å²) in [5, 5.41) is 12.3. The lowest BCUT2D eigenvalue weighted by molar-refractivity contribution is -0.0979. The molecule has 8 heteroatoms. The Hall–Kier alpha value is -3.13. The average Bonchev–Trinajstić information content (AvgIpc) is 3.48. The highest BCUT2D eigenvalue weighted by Gasteiger charge is 2.29. The molecule has 2 N–H and O–H groups in total. The lowest BCUT2D eigenvalue weighted by atomic mass is 10.1. The van der Waals surface area contributed by atoms with Crippen LogP contribution in [0, 0.1) is 12.7 Å². The summed E-state index contributed by atoms with van der Waals surface area (Å²) in [6.07, 6.45) is 7.23. The molecule has 0 saturated heterocycles. The highest BCUT2D eigenvalue weighted by atomic mass is 19.1. The van der Waals surface area contributed by atoms with E-state index >= 15 is 0 Å². The predicted molar refractivity (Wildman–Crippen MR) is 119 cm³/mol. The number of carbonyl (C=O) groups excluding carboxylic acids is 1. The fraction of sp³-hybridized carbons (Fsp3) is 0.364. The Morgan fingerprint density at radius 2 is 2.13 bits per heavy atom. The van der Waals surface area contributed by atoms with E-state index in [0.29, 0.717) is 12.0 Å². The van der Waals surface area contributed by atoms with Gasteiger partial charge in [-0.25, -0.2) is 9.37 Å². The first kappa shape index (κ1) is 21.6. The fourth-order valence-electron chi connectivity index (χ4n) is 3.96. The van der Waals surface area contributed by atoms with Crippen molar-refractivity contribution >= 4 is 23.6 Å². The number of carbonyl (C=O) groups is 1. The number of rotatable bonds is 3. The van der Waals surface area contributed by atoms with Crippen molar-refractivity contribution in [1.82, 2.24) is 29.9 Å². The Bertz CT molecular complexity index is 1090. The first-order valence-corrected chi connectivity index (χ1v) is 10.1. The van der Waals surface area contributed by atoms with Gasteiger partial charge in [0.2, 0.25) is 0 Å². The fourth-order valence-corrected chi connectivity index (χ4v) is 3.96. The number of hydrogen-bond acceptors (Lipinski definition) is 5. The zero-order chi connectivity index (χ0) is 21.5. The van der Waals surface area contributed by atoms with E-state index in [0.717, 1.165) is 41.2 Å². The van der Waals surface area contributed by atoms with Gasteiger partial charge in [-0.15, -0.1) is 10.2 Å². The van der Waals surface area contributed by atoms with Gasteiger partial charge in [0.1, 0.15) is 18.4 Å². The van der Waals surface area contributed by atoms with Gasteiger partial charge in [-0.05, 0) is 56.5 Å². The maximum Gasteiger partial charge on any atom is 0.179 e. The monoisotopic (exact) mass is 414 g/mol. The number of aromatic amines is 1. The van der Waals surface area contributed by atoms with Crippen LogP contribution >= 0.6 is 0 Å². The molecule has 1 saturated carbocycles. The number of nitrogens with one attached hydrogen (secondary N) is 2. The van der Waals surface area contributed by atoms with E-state index in [9.17, 15) is 4.39 Å². The van der Waals surface area contributed by atoms with Gasteiger partial charge in [-0.1, -0.05) is 19.1 Å². The van der Waals surface area contributed by atoms with Gasteiger partial charge < -0.3 is 15.1 Å². The molecule has 0 aliphatic heterocycles. The van der Waals surface area contributed by atoms with Crippen LogP contribution < -0.4 is 5.32 Å². The second-order valence-electron chi connectivity index (χ2n) is 7.29. The summed E-state index contributed by atoms with van der Waals surface area (Å²) in [6.45, 7) is 7.06. The van der Waals surface area contributed by atoms with Crippen LogP contribution in [0.3, 0.4) is 0 Å². The normalized spacial score (nSPS) is 18.0. The maximum absolute atomic E-state index is 12.2. The van der Waals surface area contributed by atoms with E-state index in [-0.39, 0.29) is 8.67 Å². The Morgan fingerprint density at radius 1 is 1.30 bits per heavy atom. The number of benzene rings is 1. The third-order valence-corrected chi connectivity index (χ3v) is 5.24. The number of fused-ring (bicyclic) bond motifs is 3. The molecule has 3 aromatic heterocycles. The summed E-state index contributed by atoms with van der Waals surface area (Å²) in [4.78, 5) is 15.5. The third-order valence-electron chi connectivity index (χ3n) is 5.24. The second-order valence-corrected chi connectivity index (χ2v) is 7.29. The number of nitrogens with zero attached hydrogens (tertiary/aromatic N) is 4. The standard InChI is InChI=1S/C14H18N6.C7H7F.CH2O.2H2/c1-2-15-10-4-3-9(7-10)14-19-18-12-8-17-13-11(20(12)14)5-6-16-13;1-6-3-2-4-7(8)5-6;1-2;;/h5-6,8-10,15-16H,2-4,7H2,1H3;2-5H,1H3;1H2;2*1H/t9-,10+;;;;/m1..../s1. The average molecular weight is 415 g/mol. The van der Waals surface area contributed by atoms with Crippen molar-refractivity contribution < 1.29 is 12.0 Å². The Balaban J connectivity index is 0.000000365. The smallest absolute Gasteiger partial charge is 0.179 e. The molecule has 1 aliphatic rings. The molecular weight excluding hydrogens is 383 g/mol. The van der Waals surface area contributed by atoms with Crippen molar-refractivity contribution in [2.75, 3.05) is 6.54 Å². The van der Waals surface area contributed by atoms with Gasteiger partial charge in [-0.2, -0.15) is 0 Å². The molecule has 7 nitrogen and oxygen atoms in total. The molecule has 3 heterocycles. The number of aryl methyl sites for hydroxylation is 1. The highest BCUT2D eigenvalue weighted by Crippen LogP contribution is 2.34. The summed E-state index contributed by atoms with van der Waals surface area (Å²) >= 11 is 0. The first-order valence-electron chi connectivity index (χ1n) is 10.1. The van der Waals surface area contributed by atoms with Crippen molar-refractivity contribution in [2.24, 2.45) is 0 Å². The topological polar surface area (TPSA) is 88.0 Å². The first-order chi connectivity index (χ1) is 14.7. The van der Waals surface area contributed by atoms with Gasteiger partial charge in [0.25, 0.3) is 0 Å². The molecule has 30 heavy (non-hydrogen) atoms. The quantitative estimate of drug-likeness (QED) is 0.522. The minimum absolute atomic E-state index is 0. The maximum atomic E-state index is 12.2. The lowest BCUT2D eigenvalue weighted by Crippen LogP contribution is -2.25. The number of H-pyrrole nitrogens is 1. The van der Waals surface area contributed by atoms with E-state index in [1.165, 1.54) is 25.0 Å². The van der Waals surface area contributed by atoms with E-state index in [2.05, 4.69) is 36.8 Å². The molecule has 1 aliphatic carbocycles. The van der Waals surface area contributed by atoms with Crippen molar-refractivity contribution in [3.8, 4) is 0 Å². The van der Waals surface area contributed by atoms with Crippen LogP contribution in [-0.2, 0) is 4.79 Å². The second kappa shape index (κ2) is 10.1. The Kier molecular flexibility index (Phi) is 7.24. The largest absolute Gasteiger partial charge is 0.345 e. The van der Waals surface area contributed by atoms with E-state index in [1.54, 1.807) is 12.3 Å². The molecule has 0 spiro atoms. The van der Waals surface area contributed by atoms with Crippen LogP contribution in [0.15, 0.2) is 42.7 Å². The van der Waals surface area contributed by atoms with Crippen LogP contribution in [0.1, 0.15) is 46.3 Å². The molecule has 0 unspecified atom stereocenters. The zero-order valence-corrected chi connectivity index (χ0v) is 17.3. The van der Waals surface area contributed by atoms with Crippen LogP contribution in [0.2, 0.25) is 0 Å². The number of aromatic nitrogens is 5. The van der Waals surface area contributed by atoms with Gasteiger partial charge >= 0.3 is 0 Å². The molecule has 4 aromatic rings. The molecule has 5 rings (SSSR count). The van der Waals surface area contributed by atoms with Crippen LogP contribution in [0.5, 0.6) is 0 Å². The van der Waals surface area contributed by atoms with Crippen molar-refractivity contribution in [3.63, 3.8) is 0 Å². The number of halogens is 1. The molecule has 162 valence electrons. The van der Waals surface area contributed by atoms with Gasteiger partial charge in [0, 0.05) is 21.0 Å². The predicted octanol–water partition coefficient (Wildman–Crippen LogP) is 4.29. The molecule has 0 amide bonds. The zero-order valence-electron chi connectivity index (χ0n) is 17.3. The molecule has 0 bridgehead atoms. The van der Waals surface area contributed by atoms with Gasteiger partial charge in [-0.3, -0.25) is 4.40 Å². The minimum Gasteiger partial charge on any atom is -0.345 e.